The molecule has 0 radical (unpaired) electrons. The van der Waals surface area contributed by atoms with Crippen LogP contribution in [0.3, 0.4) is 0 Å². The lowest BCUT2D eigenvalue weighted by molar-refractivity contribution is -0.145. The SMILES string of the molecule is O=C1N(CCO)CCC[C@]12CCN(c1nc(-c3ccccc3)no1)C2. The minimum atomic E-state index is -0.380. The maximum Gasteiger partial charge on any atom is 0.324 e. The van der Waals surface area contributed by atoms with E-state index in [1.807, 2.05) is 35.2 Å². The first-order valence-electron chi connectivity index (χ1n) is 8.76. The zero-order valence-corrected chi connectivity index (χ0v) is 14.1. The van der Waals surface area contributed by atoms with Gasteiger partial charge in [0, 0.05) is 31.7 Å². The fourth-order valence-corrected chi connectivity index (χ4v) is 3.95. The summed E-state index contributed by atoms with van der Waals surface area (Å²) in [5, 5.41) is 13.2. The molecule has 0 bridgehead atoms. The highest BCUT2D eigenvalue weighted by Gasteiger charge is 2.49. The molecule has 0 unspecified atom stereocenters. The Hall–Kier alpha value is -2.41. The van der Waals surface area contributed by atoms with E-state index in [9.17, 15) is 9.90 Å². The number of aliphatic hydroxyl groups excluding tert-OH is 1. The lowest BCUT2D eigenvalue weighted by atomic mass is 9.78. The minimum Gasteiger partial charge on any atom is -0.395 e. The molecule has 2 aromatic rings. The molecule has 2 fully saturated rings. The fraction of sp³-hybridized carbons (Fsp3) is 0.500. The number of nitrogens with zero attached hydrogens (tertiary/aromatic N) is 4. The van der Waals surface area contributed by atoms with Crippen LogP contribution in [0.4, 0.5) is 6.01 Å². The number of carbonyl (C=O) groups is 1. The maximum absolute atomic E-state index is 12.9. The van der Waals surface area contributed by atoms with E-state index >= 15 is 0 Å². The number of β-amino-alcohol motifs (C(OH)–C–C–N with tert-alkyl or cyclic N) is 1. The van der Waals surface area contributed by atoms with Crippen molar-refractivity contribution in [3.05, 3.63) is 30.3 Å². The first-order valence-corrected chi connectivity index (χ1v) is 8.76. The number of likely N-dealkylation sites (tertiary alicyclic amines) is 1. The standard InChI is InChI=1S/C18H22N4O3/c23-12-11-21-9-4-7-18(16(21)24)8-10-22(13-18)17-19-15(20-25-17)14-5-2-1-3-6-14/h1-3,5-6,23H,4,7-13H2/t18-/m1/s1. The van der Waals surface area contributed by atoms with Crippen molar-refractivity contribution < 1.29 is 14.4 Å². The van der Waals surface area contributed by atoms with Gasteiger partial charge in [0.05, 0.1) is 12.0 Å². The van der Waals surface area contributed by atoms with Crippen LogP contribution in [0.1, 0.15) is 19.3 Å². The second-order valence-corrected chi connectivity index (χ2v) is 6.84. The third-order valence-corrected chi connectivity index (χ3v) is 5.27. The van der Waals surface area contributed by atoms with Gasteiger partial charge in [0.15, 0.2) is 0 Å². The van der Waals surface area contributed by atoms with E-state index in [0.29, 0.717) is 24.9 Å². The van der Waals surface area contributed by atoms with Crippen molar-refractivity contribution in [2.24, 2.45) is 5.41 Å². The summed E-state index contributed by atoms with van der Waals surface area (Å²) < 4.78 is 5.45. The van der Waals surface area contributed by atoms with Gasteiger partial charge in [-0.1, -0.05) is 35.5 Å². The van der Waals surface area contributed by atoms with Crippen molar-refractivity contribution in [3.8, 4) is 11.4 Å². The summed E-state index contributed by atoms with van der Waals surface area (Å²) in [6, 6.07) is 10.2. The molecule has 2 aliphatic heterocycles. The number of hydrogen-bond acceptors (Lipinski definition) is 6. The zero-order chi connectivity index (χ0) is 17.3. The van der Waals surface area contributed by atoms with Crippen molar-refractivity contribution in [2.75, 3.05) is 37.7 Å². The number of aliphatic hydroxyl groups is 1. The largest absolute Gasteiger partial charge is 0.395 e. The van der Waals surface area contributed by atoms with Crippen molar-refractivity contribution in [2.45, 2.75) is 19.3 Å². The van der Waals surface area contributed by atoms with Crippen LogP contribution in [0.15, 0.2) is 34.9 Å². The summed E-state index contributed by atoms with van der Waals surface area (Å²) in [6.45, 7) is 2.49. The lowest BCUT2D eigenvalue weighted by Gasteiger charge is -2.38. The summed E-state index contributed by atoms with van der Waals surface area (Å²) in [6.07, 6.45) is 2.64. The molecule has 25 heavy (non-hydrogen) atoms. The molecule has 1 atom stereocenters. The second-order valence-electron chi connectivity index (χ2n) is 6.84. The van der Waals surface area contributed by atoms with Crippen LogP contribution in [-0.2, 0) is 4.79 Å². The van der Waals surface area contributed by atoms with E-state index in [0.717, 1.165) is 37.9 Å². The van der Waals surface area contributed by atoms with E-state index < -0.39 is 0 Å². The van der Waals surface area contributed by atoms with Crippen molar-refractivity contribution in [1.29, 1.82) is 0 Å². The number of anilines is 1. The Labute approximate surface area is 146 Å². The number of aromatic nitrogens is 2. The molecular weight excluding hydrogens is 320 g/mol. The monoisotopic (exact) mass is 342 g/mol. The van der Waals surface area contributed by atoms with Crippen LogP contribution >= 0.6 is 0 Å². The van der Waals surface area contributed by atoms with Gasteiger partial charge in [-0.25, -0.2) is 0 Å². The highest BCUT2D eigenvalue weighted by molar-refractivity contribution is 5.85. The van der Waals surface area contributed by atoms with Gasteiger partial charge in [-0.3, -0.25) is 4.79 Å². The minimum absolute atomic E-state index is 0.00955. The summed E-state index contributed by atoms with van der Waals surface area (Å²) >= 11 is 0. The zero-order valence-electron chi connectivity index (χ0n) is 14.1. The quantitative estimate of drug-likeness (QED) is 0.908. The molecule has 1 amide bonds. The Morgan fingerprint density at radius 1 is 1.20 bits per heavy atom. The average Bonchev–Trinajstić information content (AvgIpc) is 3.28. The van der Waals surface area contributed by atoms with Gasteiger partial charge in [-0.15, -0.1) is 0 Å². The molecule has 2 aliphatic rings. The number of benzene rings is 1. The Kier molecular flexibility index (Phi) is 4.17. The van der Waals surface area contributed by atoms with E-state index in [1.165, 1.54) is 0 Å². The van der Waals surface area contributed by atoms with Gasteiger partial charge in [0.25, 0.3) is 0 Å². The molecule has 7 nitrogen and oxygen atoms in total. The lowest BCUT2D eigenvalue weighted by Crippen LogP contribution is -2.50. The van der Waals surface area contributed by atoms with E-state index in [4.69, 9.17) is 4.52 Å². The van der Waals surface area contributed by atoms with Gasteiger partial charge >= 0.3 is 6.01 Å². The first kappa shape index (κ1) is 16.1. The van der Waals surface area contributed by atoms with Gasteiger partial charge in [0.2, 0.25) is 11.7 Å². The molecule has 0 saturated carbocycles. The Balaban J connectivity index is 1.51. The number of piperidine rings is 1. The third kappa shape index (κ3) is 2.89. The van der Waals surface area contributed by atoms with Crippen molar-refractivity contribution in [1.82, 2.24) is 15.0 Å². The van der Waals surface area contributed by atoms with Gasteiger partial charge in [-0.2, -0.15) is 4.98 Å². The van der Waals surface area contributed by atoms with E-state index in [-0.39, 0.29) is 17.9 Å². The van der Waals surface area contributed by atoms with Gasteiger partial charge < -0.3 is 19.4 Å². The summed E-state index contributed by atoms with van der Waals surface area (Å²) in [5.41, 5.74) is 0.531. The molecule has 1 N–H and O–H groups in total. The molecule has 0 aliphatic carbocycles. The smallest absolute Gasteiger partial charge is 0.324 e. The van der Waals surface area contributed by atoms with Crippen molar-refractivity contribution in [3.63, 3.8) is 0 Å². The predicted molar refractivity (Wildman–Crippen MR) is 91.9 cm³/mol. The van der Waals surface area contributed by atoms with E-state index in [2.05, 4.69) is 10.1 Å². The van der Waals surface area contributed by atoms with Gasteiger partial charge in [-0.05, 0) is 19.3 Å². The van der Waals surface area contributed by atoms with Crippen molar-refractivity contribution >= 4 is 11.9 Å². The summed E-state index contributed by atoms with van der Waals surface area (Å²) in [7, 11) is 0. The Bertz CT molecular complexity index is 746. The maximum atomic E-state index is 12.9. The predicted octanol–water partition coefficient (Wildman–Crippen LogP) is 1.55. The summed E-state index contributed by atoms with van der Waals surface area (Å²) in [5.74, 6) is 0.714. The molecule has 1 spiro atoms. The fourth-order valence-electron chi connectivity index (χ4n) is 3.95. The number of rotatable bonds is 4. The molecule has 7 heteroatoms. The normalized spacial score (nSPS) is 23.6. The second kappa shape index (κ2) is 6.48. The van der Waals surface area contributed by atoms with Gasteiger partial charge in [0.1, 0.15) is 0 Å². The number of hydrogen-bond donors (Lipinski definition) is 1. The molecule has 1 aromatic carbocycles. The average molecular weight is 342 g/mol. The highest BCUT2D eigenvalue weighted by Crippen LogP contribution is 2.41. The molecule has 132 valence electrons. The number of carbonyl (C=O) groups excluding carboxylic acids is 1. The van der Waals surface area contributed by atoms with Crippen LogP contribution in [-0.4, -0.2) is 58.8 Å². The molecule has 1 aromatic heterocycles. The van der Waals surface area contributed by atoms with Crippen LogP contribution in [0, 0.1) is 5.41 Å². The van der Waals surface area contributed by atoms with Crippen LogP contribution in [0.2, 0.25) is 0 Å². The molecule has 4 rings (SSSR count). The Morgan fingerprint density at radius 2 is 2.04 bits per heavy atom. The Morgan fingerprint density at radius 3 is 2.84 bits per heavy atom. The summed E-state index contributed by atoms with van der Waals surface area (Å²) in [4.78, 5) is 21.2. The van der Waals surface area contributed by atoms with Crippen LogP contribution in [0.25, 0.3) is 11.4 Å². The molecule has 2 saturated heterocycles. The molecular formula is C18H22N4O3. The first-order chi connectivity index (χ1) is 12.2. The molecule has 3 heterocycles. The van der Waals surface area contributed by atoms with Crippen LogP contribution < -0.4 is 4.90 Å². The van der Waals surface area contributed by atoms with Crippen LogP contribution in [0.5, 0.6) is 0 Å². The van der Waals surface area contributed by atoms with E-state index in [1.54, 1.807) is 4.90 Å². The highest BCUT2D eigenvalue weighted by atomic mass is 16.5. The topological polar surface area (TPSA) is 82.7 Å². The number of amides is 1. The third-order valence-electron chi connectivity index (χ3n) is 5.27.